The van der Waals surface area contributed by atoms with Crippen molar-refractivity contribution in [1.29, 1.82) is 0 Å². The smallest absolute Gasteiger partial charge is 0.336 e. The molecule has 2 aromatic heterocycles. The topological polar surface area (TPSA) is 50.2 Å². The maximum absolute atomic E-state index is 10.7. The minimum atomic E-state index is -0.873. The van der Waals surface area contributed by atoms with E-state index in [2.05, 4.69) is 18.0 Å². The first kappa shape index (κ1) is 11.8. The van der Waals surface area contributed by atoms with Crippen LogP contribution in [0.15, 0.2) is 29.8 Å². The summed E-state index contributed by atoms with van der Waals surface area (Å²) < 4.78 is 0. The Kier molecular flexibility index (Phi) is 3.54. The summed E-state index contributed by atoms with van der Waals surface area (Å²) in [4.78, 5) is 16.1. The molecule has 0 amide bonds. The average molecular weight is 247 g/mol. The Bertz CT molecular complexity index is 516. The van der Waals surface area contributed by atoms with Crippen molar-refractivity contribution in [2.24, 2.45) is 0 Å². The Morgan fingerprint density at radius 1 is 1.47 bits per heavy atom. The lowest BCUT2D eigenvalue weighted by molar-refractivity contribution is 0.0697. The monoisotopic (exact) mass is 247 g/mol. The SMILES string of the molecule is CCc1ccc(Cc2cc(C(=O)O)cs2)nc1. The third kappa shape index (κ3) is 2.91. The molecule has 0 bridgehead atoms. The molecule has 3 nitrogen and oxygen atoms in total. The maximum Gasteiger partial charge on any atom is 0.336 e. The zero-order valence-corrected chi connectivity index (χ0v) is 10.3. The van der Waals surface area contributed by atoms with Crippen LogP contribution in [0.2, 0.25) is 0 Å². The van der Waals surface area contributed by atoms with Gasteiger partial charge in [0.1, 0.15) is 0 Å². The van der Waals surface area contributed by atoms with E-state index in [0.717, 1.165) is 17.0 Å². The Labute approximate surface area is 104 Å². The van der Waals surface area contributed by atoms with E-state index in [-0.39, 0.29) is 0 Å². The number of hydrogen-bond donors (Lipinski definition) is 1. The quantitative estimate of drug-likeness (QED) is 0.903. The van der Waals surface area contributed by atoms with Crippen LogP contribution in [-0.4, -0.2) is 16.1 Å². The van der Waals surface area contributed by atoms with Crippen molar-refractivity contribution in [3.63, 3.8) is 0 Å². The number of hydrogen-bond acceptors (Lipinski definition) is 3. The zero-order chi connectivity index (χ0) is 12.3. The molecule has 2 aromatic rings. The number of carbonyl (C=O) groups is 1. The summed E-state index contributed by atoms with van der Waals surface area (Å²) >= 11 is 1.46. The van der Waals surface area contributed by atoms with Gasteiger partial charge in [0.25, 0.3) is 0 Å². The highest BCUT2D eigenvalue weighted by molar-refractivity contribution is 7.10. The fraction of sp³-hybridized carbons (Fsp3) is 0.231. The summed E-state index contributed by atoms with van der Waals surface area (Å²) in [6.07, 6.45) is 3.55. The van der Waals surface area contributed by atoms with Gasteiger partial charge in [0.05, 0.1) is 5.56 Å². The maximum atomic E-state index is 10.7. The van der Waals surface area contributed by atoms with Gasteiger partial charge in [-0.25, -0.2) is 4.79 Å². The molecule has 0 radical (unpaired) electrons. The molecule has 0 saturated carbocycles. The van der Waals surface area contributed by atoms with Crippen LogP contribution in [0, 0.1) is 0 Å². The Morgan fingerprint density at radius 2 is 2.29 bits per heavy atom. The van der Waals surface area contributed by atoms with E-state index >= 15 is 0 Å². The minimum absolute atomic E-state index is 0.357. The van der Waals surface area contributed by atoms with Gasteiger partial charge in [0, 0.05) is 28.6 Å². The first-order valence-electron chi connectivity index (χ1n) is 5.43. The molecule has 0 aliphatic rings. The van der Waals surface area contributed by atoms with Gasteiger partial charge in [-0.05, 0) is 24.1 Å². The predicted octanol–water partition coefficient (Wildman–Crippen LogP) is 2.99. The molecule has 0 aliphatic heterocycles. The van der Waals surface area contributed by atoms with E-state index in [4.69, 9.17) is 5.11 Å². The number of aryl methyl sites for hydroxylation is 1. The number of aromatic carboxylic acids is 1. The van der Waals surface area contributed by atoms with E-state index in [9.17, 15) is 4.79 Å². The molecule has 0 saturated heterocycles. The van der Waals surface area contributed by atoms with Crippen LogP contribution in [0.1, 0.15) is 33.4 Å². The normalized spacial score (nSPS) is 10.4. The molecule has 2 heterocycles. The summed E-state index contributed by atoms with van der Waals surface area (Å²) in [6, 6.07) is 5.77. The van der Waals surface area contributed by atoms with E-state index < -0.39 is 5.97 Å². The highest BCUT2D eigenvalue weighted by Crippen LogP contribution is 2.18. The Balaban J connectivity index is 2.11. The summed E-state index contributed by atoms with van der Waals surface area (Å²) in [5.74, 6) is -0.873. The van der Waals surface area contributed by atoms with Crippen LogP contribution in [0.5, 0.6) is 0 Å². The number of aromatic nitrogens is 1. The largest absolute Gasteiger partial charge is 0.478 e. The van der Waals surface area contributed by atoms with Crippen molar-refractivity contribution in [1.82, 2.24) is 4.98 Å². The number of carboxylic acids is 1. The van der Waals surface area contributed by atoms with E-state index in [1.54, 1.807) is 11.4 Å². The molecular formula is C13H13NO2S. The van der Waals surface area contributed by atoms with Gasteiger partial charge in [-0.2, -0.15) is 0 Å². The van der Waals surface area contributed by atoms with Crippen LogP contribution >= 0.6 is 11.3 Å². The van der Waals surface area contributed by atoms with Crippen LogP contribution < -0.4 is 0 Å². The highest BCUT2D eigenvalue weighted by atomic mass is 32.1. The molecule has 1 N–H and O–H groups in total. The lowest BCUT2D eigenvalue weighted by Crippen LogP contribution is -1.93. The number of thiophene rings is 1. The molecule has 0 atom stereocenters. The van der Waals surface area contributed by atoms with E-state index in [1.165, 1.54) is 16.9 Å². The van der Waals surface area contributed by atoms with E-state index in [0.29, 0.717) is 12.0 Å². The molecule has 0 fully saturated rings. The van der Waals surface area contributed by atoms with Crippen LogP contribution in [0.3, 0.4) is 0 Å². The van der Waals surface area contributed by atoms with Crippen molar-refractivity contribution in [3.05, 3.63) is 51.5 Å². The zero-order valence-electron chi connectivity index (χ0n) is 9.51. The minimum Gasteiger partial charge on any atom is -0.478 e. The molecule has 17 heavy (non-hydrogen) atoms. The third-order valence-corrected chi connectivity index (χ3v) is 3.49. The van der Waals surface area contributed by atoms with Gasteiger partial charge in [-0.3, -0.25) is 4.98 Å². The number of nitrogens with zero attached hydrogens (tertiary/aromatic N) is 1. The van der Waals surface area contributed by atoms with Gasteiger partial charge in [-0.15, -0.1) is 11.3 Å². The van der Waals surface area contributed by atoms with Crippen molar-refractivity contribution < 1.29 is 9.90 Å². The second kappa shape index (κ2) is 5.10. The molecule has 88 valence electrons. The second-order valence-corrected chi connectivity index (χ2v) is 4.79. The lowest BCUT2D eigenvalue weighted by Gasteiger charge is -1.99. The summed E-state index contributed by atoms with van der Waals surface area (Å²) in [5, 5.41) is 10.5. The predicted molar refractivity (Wildman–Crippen MR) is 67.7 cm³/mol. The summed E-state index contributed by atoms with van der Waals surface area (Å²) in [6.45, 7) is 2.09. The highest BCUT2D eigenvalue weighted by Gasteiger charge is 2.07. The number of pyridine rings is 1. The number of rotatable bonds is 4. The number of carboxylic acid groups (broad SMARTS) is 1. The van der Waals surface area contributed by atoms with Gasteiger partial charge in [0.2, 0.25) is 0 Å². The van der Waals surface area contributed by atoms with Gasteiger partial charge in [-0.1, -0.05) is 13.0 Å². The fourth-order valence-electron chi connectivity index (χ4n) is 1.53. The van der Waals surface area contributed by atoms with Crippen molar-refractivity contribution in [2.75, 3.05) is 0 Å². The van der Waals surface area contributed by atoms with Crippen LogP contribution in [0.4, 0.5) is 0 Å². The summed E-state index contributed by atoms with van der Waals surface area (Å²) in [5.41, 5.74) is 2.54. The first-order chi connectivity index (χ1) is 8.19. The van der Waals surface area contributed by atoms with Gasteiger partial charge in [0.15, 0.2) is 0 Å². The molecule has 4 heteroatoms. The van der Waals surface area contributed by atoms with Crippen molar-refractivity contribution >= 4 is 17.3 Å². The summed E-state index contributed by atoms with van der Waals surface area (Å²) in [7, 11) is 0. The molecule has 0 spiro atoms. The first-order valence-corrected chi connectivity index (χ1v) is 6.31. The fourth-order valence-corrected chi connectivity index (χ4v) is 2.41. The molecular weight excluding hydrogens is 234 g/mol. The molecule has 0 aromatic carbocycles. The van der Waals surface area contributed by atoms with E-state index in [1.807, 2.05) is 12.3 Å². The third-order valence-electron chi connectivity index (χ3n) is 2.55. The van der Waals surface area contributed by atoms with Crippen molar-refractivity contribution in [2.45, 2.75) is 19.8 Å². The molecule has 0 unspecified atom stereocenters. The van der Waals surface area contributed by atoms with Crippen molar-refractivity contribution in [3.8, 4) is 0 Å². The van der Waals surface area contributed by atoms with Crippen LogP contribution in [0.25, 0.3) is 0 Å². The second-order valence-electron chi connectivity index (χ2n) is 3.79. The average Bonchev–Trinajstić information content (AvgIpc) is 2.79. The van der Waals surface area contributed by atoms with Crippen LogP contribution in [-0.2, 0) is 12.8 Å². The Hall–Kier alpha value is -1.68. The Morgan fingerprint density at radius 3 is 2.82 bits per heavy atom. The van der Waals surface area contributed by atoms with Gasteiger partial charge >= 0.3 is 5.97 Å². The van der Waals surface area contributed by atoms with Gasteiger partial charge < -0.3 is 5.11 Å². The lowest BCUT2D eigenvalue weighted by atomic mass is 10.1. The molecule has 2 rings (SSSR count). The molecule has 0 aliphatic carbocycles. The standard InChI is InChI=1S/C13H13NO2S/c1-2-9-3-4-11(14-7-9)6-12-5-10(8-17-12)13(15)16/h3-5,7-8H,2,6H2,1H3,(H,15,16).